The predicted octanol–water partition coefficient (Wildman–Crippen LogP) is 1.54. The van der Waals surface area contributed by atoms with Gasteiger partial charge in [-0.1, -0.05) is 18.2 Å². The lowest BCUT2D eigenvalue weighted by molar-refractivity contribution is -0.136. The van der Waals surface area contributed by atoms with Crippen LogP contribution in [0.2, 0.25) is 0 Å². The lowest BCUT2D eigenvalue weighted by atomic mass is 9.92. The van der Waals surface area contributed by atoms with Crippen LogP contribution in [0.3, 0.4) is 0 Å². The standard InChI is InChI=1S/C18H26N2O3/c21-18(14-22-10-11-23-17-4-2-1-3-5-17)20-8-6-15-12-19-13-16(15)7-9-20/h1-5,15-16,19H,6-14H2/t15-,16+. The van der Waals surface area contributed by atoms with Crippen LogP contribution >= 0.6 is 0 Å². The maximum absolute atomic E-state index is 12.2. The van der Waals surface area contributed by atoms with E-state index in [4.69, 9.17) is 9.47 Å². The van der Waals surface area contributed by atoms with Crippen LogP contribution in [0, 0.1) is 11.8 Å². The molecule has 0 aliphatic carbocycles. The number of benzene rings is 1. The van der Waals surface area contributed by atoms with E-state index in [1.165, 1.54) is 0 Å². The van der Waals surface area contributed by atoms with Crippen molar-refractivity contribution in [2.75, 3.05) is 46.0 Å². The Kier molecular flexibility index (Phi) is 5.88. The van der Waals surface area contributed by atoms with Crippen molar-refractivity contribution in [3.8, 4) is 5.75 Å². The summed E-state index contributed by atoms with van der Waals surface area (Å²) in [6, 6.07) is 9.64. The van der Waals surface area contributed by atoms with Crippen LogP contribution in [0.25, 0.3) is 0 Å². The molecule has 0 radical (unpaired) electrons. The van der Waals surface area contributed by atoms with Gasteiger partial charge in [0, 0.05) is 13.1 Å². The molecule has 0 aromatic heterocycles. The molecule has 1 N–H and O–H groups in total. The molecule has 5 heteroatoms. The van der Waals surface area contributed by atoms with E-state index in [9.17, 15) is 4.79 Å². The van der Waals surface area contributed by atoms with Crippen LogP contribution in [-0.2, 0) is 9.53 Å². The fourth-order valence-electron chi connectivity index (χ4n) is 3.45. The highest BCUT2D eigenvalue weighted by molar-refractivity contribution is 5.77. The van der Waals surface area contributed by atoms with Gasteiger partial charge in [-0.3, -0.25) is 4.79 Å². The first-order valence-electron chi connectivity index (χ1n) is 8.57. The number of carbonyl (C=O) groups excluding carboxylic acids is 1. The Labute approximate surface area is 137 Å². The quantitative estimate of drug-likeness (QED) is 0.809. The maximum Gasteiger partial charge on any atom is 0.248 e. The van der Waals surface area contributed by atoms with Gasteiger partial charge in [0.2, 0.25) is 5.91 Å². The fraction of sp³-hybridized carbons (Fsp3) is 0.611. The first-order chi connectivity index (χ1) is 11.3. The van der Waals surface area contributed by atoms with E-state index in [1.807, 2.05) is 35.2 Å². The first-order valence-corrected chi connectivity index (χ1v) is 8.57. The normalized spacial score (nSPS) is 24.1. The van der Waals surface area contributed by atoms with Crippen molar-refractivity contribution < 1.29 is 14.3 Å². The van der Waals surface area contributed by atoms with Gasteiger partial charge >= 0.3 is 0 Å². The summed E-state index contributed by atoms with van der Waals surface area (Å²) in [5.74, 6) is 2.42. The number of carbonyl (C=O) groups is 1. The van der Waals surface area contributed by atoms with Gasteiger partial charge < -0.3 is 19.7 Å². The van der Waals surface area contributed by atoms with Gasteiger partial charge in [0.25, 0.3) is 0 Å². The molecule has 2 saturated heterocycles. The third kappa shape index (κ3) is 4.69. The van der Waals surface area contributed by atoms with Crippen molar-refractivity contribution in [2.45, 2.75) is 12.8 Å². The maximum atomic E-state index is 12.2. The molecule has 0 saturated carbocycles. The van der Waals surface area contributed by atoms with Gasteiger partial charge in [-0.25, -0.2) is 0 Å². The summed E-state index contributed by atoms with van der Waals surface area (Å²) < 4.78 is 11.0. The minimum Gasteiger partial charge on any atom is -0.491 e. The second-order valence-corrected chi connectivity index (χ2v) is 6.35. The molecular weight excluding hydrogens is 292 g/mol. The number of hydrogen-bond donors (Lipinski definition) is 1. The number of rotatable bonds is 6. The third-order valence-electron chi connectivity index (χ3n) is 4.84. The summed E-state index contributed by atoms with van der Waals surface area (Å²) in [7, 11) is 0. The molecule has 2 fully saturated rings. The number of fused-ring (bicyclic) bond motifs is 1. The van der Waals surface area contributed by atoms with E-state index >= 15 is 0 Å². The molecule has 0 bridgehead atoms. The predicted molar refractivity (Wildman–Crippen MR) is 88.4 cm³/mol. The van der Waals surface area contributed by atoms with Crippen molar-refractivity contribution >= 4 is 5.91 Å². The molecule has 2 heterocycles. The molecule has 0 spiro atoms. The molecule has 5 nitrogen and oxygen atoms in total. The van der Waals surface area contributed by atoms with Gasteiger partial charge in [-0.2, -0.15) is 0 Å². The summed E-state index contributed by atoms with van der Waals surface area (Å²) in [6.07, 6.45) is 2.22. The summed E-state index contributed by atoms with van der Waals surface area (Å²) in [4.78, 5) is 14.2. The number of amides is 1. The molecule has 3 rings (SSSR count). The van der Waals surface area contributed by atoms with E-state index in [-0.39, 0.29) is 12.5 Å². The Hall–Kier alpha value is -1.59. The number of ether oxygens (including phenoxy) is 2. The molecule has 1 amide bonds. The van der Waals surface area contributed by atoms with E-state index in [0.717, 1.165) is 56.6 Å². The van der Waals surface area contributed by atoms with Gasteiger partial charge in [0.1, 0.15) is 19.0 Å². The molecule has 126 valence electrons. The third-order valence-corrected chi connectivity index (χ3v) is 4.84. The Morgan fingerprint density at radius 2 is 1.78 bits per heavy atom. The molecule has 2 aliphatic heterocycles. The second-order valence-electron chi connectivity index (χ2n) is 6.35. The molecule has 2 atom stereocenters. The lowest BCUT2D eigenvalue weighted by Gasteiger charge is -2.20. The van der Waals surface area contributed by atoms with Gasteiger partial charge in [-0.05, 0) is 49.9 Å². The molecule has 2 aliphatic rings. The first kappa shape index (κ1) is 16.3. The largest absolute Gasteiger partial charge is 0.491 e. The molecule has 0 unspecified atom stereocenters. The SMILES string of the molecule is O=C(COCCOc1ccccc1)N1CC[C@@H]2CNC[C@@H]2CC1. The second kappa shape index (κ2) is 8.31. The van der Waals surface area contributed by atoms with Gasteiger partial charge in [0.05, 0.1) is 6.61 Å². The van der Waals surface area contributed by atoms with Gasteiger partial charge in [-0.15, -0.1) is 0 Å². The van der Waals surface area contributed by atoms with Crippen molar-refractivity contribution in [1.82, 2.24) is 10.2 Å². The van der Waals surface area contributed by atoms with Crippen molar-refractivity contribution in [1.29, 1.82) is 0 Å². The highest BCUT2D eigenvalue weighted by Crippen LogP contribution is 2.27. The topological polar surface area (TPSA) is 50.8 Å². The van der Waals surface area contributed by atoms with Crippen molar-refractivity contribution in [3.05, 3.63) is 30.3 Å². The van der Waals surface area contributed by atoms with Crippen LogP contribution < -0.4 is 10.1 Å². The van der Waals surface area contributed by atoms with Gasteiger partial charge in [0.15, 0.2) is 0 Å². The van der Waals surface area contributed by atoms with Crippen LogP contribution in [0.15, 0.2) is 30.3 Å². The Bertz CT molecular complexity index is 480. The van der Waals surface area contributed by atoms with E-state index in [0.29, 0.717) is 13.2 Å². The zero-order valence-electron chi connectivity index (χ0n) is 13.6. The van der Waals surface area contributed by atoms with Crippen LogP contribution in [0.4, 0.5) is 0 Å². The summed E-state index contributed by atoms with van der Waals surface area (Å²) in [5, 5.41) is 3.46. The average molecular weight is 318 g/mol. The fourth-order valence-corrected chi connectivity index (χ4v) is 3.45. The smallest absolute Gasteiger partial charge is 0.248 e. The zero-order valence-corrected chi connectivity index (χ0v) is 13.6. The Balaban J connectivity index is 1.31. The zero-order chi connectivity index (χ0) is 15.9. The van der Waals surface area contributed by atoms with E-state index in [1.54, 1.807) is 0 Å². The van der Waals surface area contributed by atoms with Crippen LogP contribution in [0.1, 0.15) is 12.8 Å². The summed E-state index contributed by atoms with van der Waals surface area (Å²) in [6.45, 7) is 5.01. The highest BCUT2D eigenvalue weighted by Gasteiger charge is 2.31. The average Bonchev–Trinajstić information content (AvgIpc) is 2.93. The summed E-state index contributed by atoms with van der Waals surface area (Å²) in [5.41, 5.74) is 0. The number of nitrogens with one attached hydrogen (secondary N) is 1. The minimum atomic E-state index is 0.109. The Morgan fingerprint density at radius 1 is 1.09 bits per heavy atom. The lowest BCUT2D eigenvalue weighted by Crippen LogP contribution is -2.35. The Morgan fingerprint density at radius 3 is 2.48 bits per heavy atom. The molecule has 23 heavy (non-hydrogen) atoms. The number of nitrogens with zero attached hydrogens (tertiary/aromatic N) is 1. The molecule has 1 aromatic carbocycles. The molecule has 1 aromatic rings. The number of para-hydroxylation sites is 1. The van der Waals surface area contributed by atoms with Crippen LogP contribution in [0.5, 0.6) is 5.75 Å². The molecular formula is C18H26N2O3. The minimum absolute atomic E-state index is 0.109. The number of hydrogen-bond acceptors (Lipinski definition) is 4. The highest BCUT2D eigenvalue weighted by atomic mass is 16.5. The van der Waals surface area contributed by atoms with Crippen molar-refractivity contribution in [3.63, 3.8) is 0 Å². The van der Waals surface area contributed by atoms with E-state index in [2.05, 4.69) is 5.32 Å². The van der Waals surface area contributed by atoms with E-state index < -0.39 is 0 Å². The number of likely N-dealkylation sites (tertiary alicyclic amines) is 1. The van der Waals surface area contributed by atoms with Crippen molar-refractivity contribution in [2.24, 2.45) is 11.8 Å². The monoisotopic (exact) mass is 318 g/mol. The van der Waals surface area contributed by atoms with Crippen LogP contribution in [-0.4, -0.2) is 56.8 Å². The summed E-state index contributed by atoms with van der Waals surface area (Å²) >= 11 is 0.